The highest BCUT2D eigenvalue weighted by Gasteiger charge is 2.16. The first kappa shape index (κ1) is 17.2. The van der Waals surface area contributed by atoms with Gasteiger partial charge in [0.05, 0.1) is 17.9 Å². The zero-order valence-electron chi connectivity index (χ0n) is 13.9. The molecule has 0 aliphatic heterocycles. The number of hydrogen-bond acceptors (Lipinski definition) is 5. The summed E-state index contributed by atoms with van der Waals surface area (Å²) in [5.74, 6) is 0.848. The fourth-order valence-electron chi connectivity index (χ4n) is 2.11. The Balaban J connectivity index is 1.89. The van der Waals surface area contributed by atoms with Gasteiger partial charge in [0.1, 0.15) is 5.82 Å². The summed E-state index contributed by atoms with van der Waals surface area (Å²) in [4.78, 5) is 21.6. The molecule has 7 heteroatoms. The van der Waals surface area contributed by atoms with E-state index in [0.29, 0.717) is 12.2 Å². The third-order valence-corrected chi connectivity index (χ3v) is 4.39. The Morgan fingerprint density at radius 3 is 2.57 bits per heavy atom. The SMILES string of the molecule is CN(C)c1ccc(NC(=O)NCC(c2cccs2)N(C)C)cn1. The molecule has 1 unspecified atom stereocenters. The number of anilines is 2. The van der Waals surface area contributed by atoms with Crippen molar-refractivity contribution in [2.24, 2.45) is 0 Å². The van der Waals surface area contributed by atoms with E-state index in [9.17, 15) is 4.79 Å². The summed E-state index contributed by atoms with van der Waals surface area (Å²) in [6, 6.07) is 7.74. The quantitative estimate of drug-likeness (QED) is 0.853. The van der Waals surface area contributed by atoms with Crippen molar-refractivity contribution in [2.75, 3.05) is 45.0 Å². The second-order valence-corrected chi connectivity index (χ2v) is 6.61. The Bertz CT molecular complexity index is 610. The van der Waals surface area contributed by atoms with Gasteiger partial charge in [-0.2, -0.15) is 0 Å². The molecule has 0 radical (unpaired) electrons. The Morgan fingerprint density at radius 1 is 1.26 bits per heavy atom. The number of carbonyl (C=O) groups is 1. The van der Waals surface area contributed by atoms with Gasteiger partial charge in [0.15, 0.2) is 0 Å². The van der Waals surface area contributed by atoms with Gasteiger partial charge in [-0.3, -0.25) is 0 Å². The van der Waals surface area contributed by atoms with Crippen molar-refractivity contribution in [1.82, 2.24) is 15.2 Å². The molecule has 0 bridgehead atoms. The van der Waals surface area contributed by atoms with Crippen molar-refractivity contribution < 1.29 is 4.79 Å². The molecule has 0 spiro atoms. The highest BCUT2D eigenvalue weighted by Crippen LogP contribution is 2.22. The fourth-order valence-corrected chi connectivity index (χ4v) is 3.03. The molecule has 2 aromatic heterocycles. The van der Waals surface area contributed by atoms with E-state index in [2.05, 4.69) is 26.6 Å². The summed E-state index contributed by atoms with van der Waals surface area (Å²) < 4.78 is 0. The topological polar surface area (TPSA) is 60.5 Å². The van der Waals surface area contributed by atoms with Crippen molar-refractivity contribution in [1.29, 1.82) is 0 Å². The van der Waals surface area contributed by atoms with E-state index < -0.39 is 0 Å². The zero-order chi connectivity index (χ0) is 16.8. The largest absolute Gasteiger partial charge is 0.363 e. The molecule has 2 N–H and O–H groups in total. The van der Waals surface area contributed by atoms with Gasteiger partial charge in [0.2, 0.25) is 0 Å². The summed E-state index contributed by atoms with van der Waals surface area (Å²) in [6.45, 7) is 0.544. The average molecular weight is 333 g/mol. The Hall–Kier alpha value is -2.12. The Labute approximate surface area is 141 Å². The third-order valence-electron chi connectivity index (χ3n) is 3.41. The molecule has 0 aromatic carbocycles. The molecular weight excluding hydrogens is 310 g/mol. The molecule has 2 heterocycles. The van der Waals surface area contributed by atoms with Gasteiger partial charge in [-0.05, 0) is 37.7 Å². The van der Waals surface area contributed by atoms with Crippen LogP contribution in [0.3, 0.4) is 0 Å². The van der Waals surface area contributed by atoms with Crippen LogP contribution in [-0.4, -0.2) is 50.7 Å². The highest BCUT2D eigenvalue weighted by molar-refractivity contribution is 7.10. The van der Waals surface area contributed by atoms with E-state index in [4.69, 9.17) is 0 Å². The first-order valence-electron chi connectivity index (χ1n) is 7.35. The Morgan fingerprint density at radius 2 is 2.04 bits per heavy atom. The summed E-state index contributed by atoms with van der Waals surface area (Å²) in [5, 5.41) is 7.76. The van der Waals surface area contributed by atoms with Gasteiger partial charge >= 0.3 is 6.03 Å². The maximum absolute atomic E-state index is 12.1. The van der Waals surface area contributed by atoms with Crippen LogP contribution in [0.4, 0.5) is 16.3 Å². The molecule has 2 rings (SSSR count). The normalized spacial score (nSPS) is 12.0. The van der Waals surface area contributed by atoms with Gasteiger partial charge in [0, 0.05) is 25.5 Å². The van der Waals surface area contributed by atoms with E-state index in [1.165, 1.54) is 4.88 Å². The van der Waals surface area contributed by atoms with Gasteiger partial charge in [0.25, 0.3) is 0 Å². The minimum atomic E-state index is -0.229. The van der Waals surface area contributed by atoms with Crippen LogP contribution >= 0.6 is 11.3 Å². The number of likely N-dealkylation sites (N-methyl/N-ethyl adjacent to an activating group) is 1. The fraction of sp³-hybridized carbons (Fsp3) is 0.375. The summed E-state index contributed by atoms with van der Waals surface area (Å²) in [5.41, 5.74) is 0.672. The van der Waals surface area contributed by atoms with Crippen LogP contribution in [0.1, 0.15) is 10.9 Å². The van der Waals surface area contributed by atoms with Gasteiger partial charge in [-0.1, -0.05) is 6.07 Å². The molecule has 6 nitrogen and oxygen atoms in total. The van der Waals surface area contributed by atoms with E-state index in [0.717, 1.165) is 5.82 Å². The maximum atomic E-state index is 12.1. The number of amides is 2. The highest BCUT2D eigenvalue weighted by atomic mass is 32.1. The predicted molar refractivity (Wildman–Crippen MR) is 96.3 cm³/mol. The third kappa shape index (κ3) is 4.94. The summed E-state index contributed by atoms with van der Waals surface area (Å²) >= 11 is 1.69. The summed E-state index contributed by atoms with van der Waals surface area (Å²) in [7, 11) is 7.87. The molecule has 0 aliphatic rings. The maximum Gasteiger partial charge on any atom is 0.319 e. The van der Waals surface area contributed by atoms with Crippen LogP contribution in [-0.2, 0) is 0 Å². The summed E-state index contributed by atoms with van der Waals surface area (Å²) in [6.07, 6.45) is 1.65. The van der Waals surface area contributed by atoms with Gasteiger partial charge in [-0.15, -0.1) is 11.3 Å². The smallest absolute Gasteiger partial charge is 0.319 e. The van der Waals surface area contributed by atoms with E-state index in [-0.39, 0.29) is 12.1 Å². The zero-order valence-corrected chi connectivity index (χ0v) is 14.7. The van der Waals surface area contributed by atoms with E-state index >= 15 is 0 Å². The lowest BCUT2D eigenvalue weighted by Crippen LogP contribution is -2.36. The monoisotopic (exact) mass is 333 g/mol. The van der Waals surface area contributed by atoms with Gasteiger partial charge < -0.3 is 20.4 Å². The van der Waals surface area contributed by atoms with Crippen LogP contribution in [0.15, 0.2) is 35.8 Å². The van der Waals surface area contributed by atoms with Crippen molar-refractivity contribution in [3.63, 3.8) is 0 Å². The molecule has 2 amide bonds. The lowest BCUT2D eigenvalue weighted by molar-refractivity contribution is 0.244. The predicted octanol–water partition coefficient (Wildman–Crippen LogP) is 2.63. The van der Waals surface area contributed by atoms with Crippen LogP contribution in [0.25, 0.3) is 0 Å². The number of nitrogens with zero attached hydrogens (tertiary/aromatic N) is 3. The van der Waals surface area contributed by atoms with Crippen LogP contribution in [0.5, 0.6) is 0 Å². The first-order valence-corrected chi connectivity index (χ1v) is 8.23. The van der Waals surface area contributed by atoms with Crippen molar-refractivity contribution in [2.45, 2.75) is 6.04 Å². The molecule has 1 atom stereocenters. The number of nitrogens with one attached hydrogen (secondary N) is 2. The molecule has 23 heavy (non-hydrogen) atoms. The molecule has 124 valence electrons. The first-order chi connectivity index (χ1) is 11.0. The minimum Gasteiger partial charge on any atom is -0.363 e. The molecular formula is C16H23N5OS. The molecule has 0 aliphatic carbocycles. The molecule has 0 fully saturated rings. The Kier molecular flexibility index (Phi) is 5.95. The van der Waals surface area contributed by atoms with E-state index in [1.807, 2.05) is 56.7 Å². The number of pyridine rings is 1. The lowest BCUT2D eigenvalue weighted by Gasteiger charge is -2.23. The number of thiophene rings is 1. The second kappa shape index (κ2) is 7.94. The van der Waals surface area contributed by atoms with Crippen LogP contribution in [0, 0.1) is 0 Å². The molecule has 0 saturated heterocycles. The number of carbonyl (C=O) groups excluding carboxylic acids is 1. The number of rotatable bonds is 6. The number of urea groups is 1. The standard InChI is InChI=1S/C16H23N5OS/c1-20(2)13(14-6-5-9-23-14)11-18-16(22)19-12-7-8-15(17-10-12)21(3)4/h5-10,13H,11H2,1-4H3,(H2,18,19,22). The molecule has 2 aromatic rings. The average Bonchev–Trinajstić information content (AvgIpc) is 3.01. The lowest BCUT2D eigenvalue weighted by atomic mass is 10.2. The van der Waals surface area contributed by atoms with Crippen molar-refractivity contribution >= 4 is 28.9 Å². The number of hydrogen-bond donors (Lipinski definition) is 2. The van der Waals surface area contributed by atoms with Crippen molar-refractivity contribution in [3.8, 4) is 0 Å². The van der Waals surface area contributed by atoms with Crippen molar-refractivity contribution in [3.05, 3.63) is 40.7 Å². The van der Waals surface area contributed by atoms with Crippen LogP contribution in [0.2, 0.25) is 0 Å². The molecule has 0 saturated carbocycles. The van der Waals surface area contributed by atoms with Gasteiger partial charge in [-0.25, -0.2) is 9.78 Å². The van der Waals surface area contributed by atoms with E-state index in [1.54, 1.807) is 17.5 Å². The second-order valence-electron chi connectivity index (χ2n) is 5.63. The minimum absolute atomic E-state index is 0.162. The van der Waals surface area contributed by atoms with Crippen LogP contribution < -0.4 is 15.5 Å². The number of aromatic nitrogens is 1.